The highest BCUT2D eigenvalue weighted by atomic mass is 16.6. The summed E-state index contributed by atoms with van der Waals surface area (Å²) in [6.07, 6.45) is 10.3. The zero-order valence-corrected chi connectivity index (χ0v) is 30.2. The van der Waals surface area contributed by atoms with Crippen molar-refractivity contribution < 1.29 is 28.2 Å². The van der Waals surface area contributed by atoms with Crippen LogP contribution in [-0.4, -0.2) is 29.3 Å². The molecule has 1 amide bonds. The van der Waals surface area contributed by atoms with E-state index >= 15 is 0 Å². The maximum Gasteiger partial charge on any atom is 0.407 e. The molecule has 0 saturated heterocycles. The lowest BCUT2D eigenvalue weighted by molar-refractivity contribution is -0.142. The van der Waals surface area contributed by atoms with Crippen LogP contribution in [0.3, 0.4) is 0 Å². The molecular formula is C42H50N2O6. The van der Waals surface area contributed by atoms with Crippen molar-refractivity contribution in [3.63, 3.8) is 0 Å². The molecule has 0 bridgehead atoms. The van der Waals surface area contributed by atoms with Gasteiger partial charge in [-0.2, -0.15) is 0 Å². The normalized spacial score (nSPS) is 11.0. The van der Waals surface area contributed by atoms with Gasteiger partial charge >= 0.3 is 12.1 Å². The summed E-state index contributed by atoms with van der Waals surface area (Å²) >= 11 is 0. The van der Waals surface area contributed by atoms with Gasteiger partial charge in [-0.3, -0.25) is 9.78 Å². The molecule has 3 aromatic carbocycles. The Labute approximate surface area is 296 Å². The second kappa shape index (κ2) is 18.6. The predicted molar refractivity (Wildman–Crippen MR) is 199 cm³/mol. The molecule has 8 nitrogen and oxygen atoms in total. The fourth-order valence-corrected chi connectivity index (χ4v) is 5.37. The number of unbranched alkanes of at least 4 members (excludes halogenated alkanes) is 3. The topological polar surface area (TPSA) is 99.9 Å². The summed E-state index contributed by atoms with van der Waals surface area (Å²) in [5.74, 6) is 0.300. The fourth-order valence-electron chi connectivity index (χ4n) is 5.37. The number of aromatic nitrogens is 1. The van der Waals surface area contributed by atoms with E-state index in [2.05, 4.69) is 24.1 Å². The van der Waals surface area contributed by atoms with Gasteiger partial charge in [0.1, 0.15) is 23.5 Å². The van der Waals surface area contributed by atoms with E-state index in [0.29, 0.717) is 18.9 Å². The molecule has 8 heteroatoms. The highest BCUT2D eigenvalue weighted by Gasteiger charge is 2.17. The first-order valence-corrected chi connectivity index (χ1v) is 17.5. The molecule has 264 valence electrons. The molecule has 0 unspecified atom stereocenters. The zero-order chi connectivity index (χ0) is 35.9. The average molecular weight is 679 g/mol. The molecule has 0 fully saturated rings. The molecule has 0 aliphatic rings. The summed E-state index contributed by atoms with van der Waals surface area (Å²) in [7, 11) is 0. The minimum Gasteiger partial charge on any atom is -0.489 e. The Hall–Kier alpha value is -5.11. The summed E-state index contributed by atoms with van der Waals surface area (Å²) < 4.78 is 22.8. The highest BCUT2D eigenvalue weighted by molar-refractivity contribution is 5.93. The second-order valence-corrected chi connectivity index (χ2v) is 13.1. The number of nitrogens with zero attached hydrogens (tertiary/aromatic N) is 1. The number of ether oxygens (including phenoxy) is 3. The summed E-state index contributed by atoms with van der Waals surface area (Å²) in [5, 5.41) is 3.76. The van der Waals surface area contributed by atoms with E-state index in [4.69, 9.17) is 18.6 Å². The summed E-state index contributed by atoms with van der Waals surface area (Å²) in [4.78, 5) is 28.7. The first-order chi connectivity index (χ1) is 24.1. The van der Waals surface area contributed by atoms with Crippen molar-refractivity contribution in [2.45, 2.75) is 92.4 Å². The number of furan rings is 1. The van der Waals surface area contributed by atoms with Crippen molar-refractivity contribution in [2.75, 3.05) is 6.61 Å². The third-order valence-electron chi connectivity index (χ3n) is 7.76. The average Bonchev–Trinajstić information content (AvgIpc) is 3.58. The predicted octanol–water partition coefficient (Wildman–Crippen LogP) is 10.5. The number of carbonyl (C=O) groups excluding carboxylic acids is 2. The van der Waals surface area contributed by atoms with E-state index in [1.165, 1.54) is 25.7 Å². The molecule has 1 N–H and O–H groups in total. The Balaban J connectivity index is 0.000000860. The van der Waals surface area contributed by atoms with Crippen LogP contribution in [0.4, 0.5) is 4.79 Å². The van der Waals surface area contributed by atoms with Crippen molar-refractivity contribution in [2.24, 2.45) is 0 Å². The van der Waals surface area contributed by atoms with Gasteiger partial charge in [0.25, 0.3) is 0 Å². The molecule has 0 saturated carbocycles. The minimum atomic E-state index is -0.570. The van der Waals surface area contributed by atoms with Crippen LogP contribution in [0.2, 0.25) is 0 Å². The quantitative estimate of drug-likeness (QED) is 0.0977. The fraction of sp³-hybridized carbons (Fsp3) is 0.357. The standard InChI is InChI=1S/C36H36N2O6.C6H14/c1-5-41-33(39)21-29-10-9-27(26-11-14-37-15-12-26)20-32(29)43-23-25-18-30-13-16-42-34(30)31(19-25)28-8-6-7-24(17-28)22-38-35(40)44-36(2,3)4;1-3-5-6-4-2/h6-20H,5,21-23H2,1-4H3,(H,38,40);3-6H2,1-2H3. The van der Waals surface area contributed by atoms with Crippen molar-refractivity contribution >= 4 is 23.0 Å². The lowest BCUT2D eigenvalue weighted by Crippen LogP contribution is -2.32. The van der Waals surface area contributed by atoms with Gasteiger partial charge in [0.15, 0.2) is 0 Å². The third-order valence-corrected chi connectivity index (χ3v) is 7.76. The van der Waals surface area contributed by atoms with Crippen LogP contribution in [0.5, 0.6) is 5.75 Å². The Morgan fingerprint density at radius 1 is 0.820 bits per heavy atom. The second-order valence-electron chi connectivity index (χ2n) is 13.1. The van der Waals surface area contributed by atoms with Crippen molar-refractivity contribution in [1.29, 1.82) is 0 Å². The van der Waals surface area contributed by atoms with Gasteiger partial charge in [-0.15, -0.1) is 0 Å². The Bertz CT molecular complexity index is 1820. The minimum absolute atomic E-state index is 0.107. The monoisotopic (exact) mass is 678 g/mol. The van der Waals surface area contributed by atoms with E-state index in [-0.39, 0.29) is 19.0 Å². The first kappa shape index (κ1) is 37.7. The number of fused-ring (bicyclic) bond motifs is 1. The van der Waals surface area contributed by atoms with Gasteiger partial charge in [0.05, 0.1) is 19.3 Å². The van der Waals surface area contributed by atoms with Crippen LogP contribution in [0.15, 0.2) is 95.9 Å². The number of benzene rings is 3. The van der Waals surface area contributed by atoms with E-state index in [0.717, 1.165) is 49.9 Å². The summed E-state index contributed by atoms with van der Waals surface area (Å²) in [6.45, 7) is 12.7. The maximum absolute atomic E-state index is 12.4. The molecule has 5 aromatic rings. The number of esters is 1. The zero-order valence-electron chi connectivity index (χ0n) is 30.2. The largest absolute Gasteiger partial charge is 0.489 e. The van der Waals surface area contributed by atoms with Crippen LogP contribution in [0.25, 0.3) is 33.2 Å². The van der Waals surface area contributed by atoms with E-state index in [9.17, 15) is 9.59 Å². The number of nitrogens with one attached hydrogen (secondary N) is 1. The highest BCUT2D eigenvalue weighted by Crippen LogP contribution is 2.33. The number of hydrogen-bond donors (Lipinski definition) is 1. The third kappa shape index (κ3) is 11.5. The SMILES string of the molecule is CCCCCC.CCOC(=O)Cc1ccc(-c2ccncc2)cc1OCc1cc(-c2cccc(CNC(=O)OC(C)(C)C)c2)c2occc2c1. The number of rotatable bonds is 13. The molecule has 2 heterocycles. The van der Waals surface area contributed by atoms with Crippen LogP contribution in [-0.2, 0) is 33.8 Å². The Morgan fingerprint density at radius 3 is 2.28 bits per heavy atom. The van der Waals surface area contributed by atoms with E-state index in [1.807, 2.05) is 93.6 Å². The van der Waals surface area contributed by atoms with Gasteiger partial charge in [0, 0.05) is 35.5 Å². The number of amides is 1. The summed E-state index contributed by atoms with van der Waals surface area (Å²) in [6, 6.07) is 23.6. The van der Waals surface area contributed by atoms with Crippen LogP contribution in [0, 0.1) is 0 Å². The van der Waals surface area contributed by atoms with Gasteiger partial charge in [0.2, 0.25) is 0 Å². The first-order valence-electron chi connectivity index (χ1n) is 17.5. The van der Waals surface area contributed by atoms with Gasteiger partial charge in [-0.05, 0) is 98.0 Å². The molecule has 0 aliphatic heterocycles. The van der Waals surface area contributed by atoms with Crippen molar-refractivity contribution in [3.8, 4) is 28.0 Å². The molecule has 5 rings (SSSR count). The molecule has 0 aliphatic carbocycles. The van der Waals surface area contributed by atoms with Crippen LogP contribution < -0.4 is 10.1 Å². The molecule has 2 aromatic heterocycles. The Kier molecular flexibility index (Phi) is 14.0. The maximum atomic E-state index is 12.4. The molecular weight excluding hydrogens is 628 g/mol. The smallest absolute Gasteiger partial charge is 0.407 e. The number of carbonyl (C=O) groups is 2. The lowest BCUT2D eigenvalue weighted by Gasteiger charge is -2.19. The van der Waals surface area contributed by atoms with E-state index in [1.54, 1.807) is 25.6 Å². The van der Waals surface area contributed by atoms with Crippen LogP contribution in [0.1, 0.15) is 83.9 Å². The molecule has 50 heavy (non-hydrogen) atoms. The Morgan fingerprint density at radius 2 is 1.58 bits per heavy atom. The number of hydrogen-bond acceptors (Lipinski definition) is 7. The summed E-state index contributed by atoms with van der Waals surface area (Å²) in [5.41, 5.74) is 6.59. The van der Waals surface area contributed by atoms with Gasteiger partial charge in [-0.25, -0.2) is 4.79 Å². The van der Waals surface area contributed by atoms with Crippen LogP contribution >= 0.6 is 0 Å². The molecule has 0 radical (unpaired) electrons. The number of pyridine rings is 1. The van der Waals surface area contributed by atoms with Gasteiger partial charge in [-0.1, -0.05) is 69.9 Å². The van der Waals surface area contributed by atoms with Crippen molar-refractivity contribution in [1.82, 2.24) is 10.3 Å². The lowest BCUT2D eigenvalue weighted by atomic mass is 9.99. The van der Waals surface area contributed by atoms with E-state index < -0.39 is 11.7 Å². The molecule has 0 spiro atoms. The number of alkyl carbamates (subject to hydrolysis) is 1. The van der Waals surface area contributed by atoms with Gasteiger partial charge < -0.3 is 23.9 Å². The van der Waals surface area contributed by atoms with Crippen molar-refractivity contribution in [3.05, 3.63) is 108 Å². The molecule has 0 atom stereocenters.